The summed E-state index contributed by atoms with van der Waals surface area (Å²) >= 11 is 1.79. The molecule has 0 aliphatic carbocycles. The first-order valence-electron chi connectivity index (χ1n) is 8.55. The van der Waals surface area contributed by atoms with E-state index in [1.807, 2.05) is 29.2 Å². The first-order chi connectivity index (χ1) is 11.8. The molecule has 1 fully saturated rings. The third kappa shape index (κ3) is 4.12. The van der Waals surface area contributed by atoms with Crippen molar-refractivity contribution in [3.8, 4) is 0 Å². The minimum absolute atomic E-state index is 0.00242. The molecule has 0 atom stereocenters. The van der Waals surface area contributed by atoms with Gasteiger partial charge in [0.1, 0.15) is 0 Å². The summed E-state index contributed by atoms with van der Waals surface area (Å²) in [6, 6.07) is 10.1. The number of aromatic amines is 1. The Kier molecular flexibility index (Phi) is 5.80. The van der Waals surface area contributed by atoms with Gasteiger partial charge in [-0.3, -0.25) is 5.10 Å². The highest BCUT2D eigenvalue weighted by Crippen LogP contribution is 2.29. The molecule has 0 unspecified atom stereocenters. The van der Waals surface area contributed by atoms with E-state index in [0.29, 0.717) is 5.92 Å². The van der Waals surface area contributed by atoms with Crippen molar-refractivity contribution in [3.05, 3.63) is 42.2 Å². The molecule has 3 rings (SSSR count). The standard InChI is InChI=1S/C18H24N4OS/c1-2-13-24-17-6-4-3-5-16(17)20-18(23)22-11-8-14(9-12-22)15-7-10-19-21-15/h3-7,10,14H,2,8-9,11-13H2,1H3,(H,19,21)(H,20,23). The Bertz CT molecular complexity index is 651. The van der Waals surface area contributed by atoms with Crippen LogP contribution in [-0.2, 0) is 0 Å². The third-order valence-corrected chi connectivity index (χ3v) is 5.61. The smallest absolute Gasteiger partial charge is 0.321 e. The van der Waals surface area contributed by atoms with Gasteiger partial charge in [0, 0.05) is 35.8 Å². The van der Waals surface area contributed by atoms with Crippen molar-refractivity contribution in [2.24, 2.45) is 0 Å². The summed E-state index contributed by atoms with van der Waals surface area (Å²) in [4.78, 5) is 15.6. The van der Waals surface area contributed by atoms with E-state index in [0.717, 1.165) is 48.7 Å². The molecule has 1 aromatic heterocycles. The molecule has 0 saturated carbocycles. The fourth-order valence-corrected chi connectivity index (χ4v) is 3.86. The molecule has 2 aromatic rings. The van der Waals surface area contributed by atoms with Crippen LogP contribution < -0.4 is 5.32 Å². The maximum Gasteiger partial charge on any atom is 0.321 e. The highest BCUT2D eigenvalue weighted by Gasteiger charge is 2.24. The normalized spacial score (nSPS) is 15.5. The Morgan fingerprint density at radius 2 is 2.12 bits per heavy atom. The third-order valence-electron chi connectivity index (χ3n) is 4.33. The first kappa shape index (κ1) is 16.9. The summed E-state index contributed by atoms with van der Waals surface area (Å²) < 4.78 is 0. The van der Waals surface area contributed by atoms with Crippen LogP contribution in [0.5, 0.6) is 0 Å². The zero-order valence-corrected chi connectivity index (χ0v) is 14.8. The van der Waals surface area contributed by atoms with Crippen LogP contribution in [0.3, 0.4) is 0 Å². The van der Waals surface area contributed by atoms with E-state index in [1.165, 1.54) is 5.69 Å². The summed E-state index contributed by atoms with van der Waals surface area (Å²) in [5, 5.41) is 10.2. The molecular weight excluding hydrogens is 320 g/mol. The van der Waals surface area contributed by atoms with Crippen molar-refractivity contribution in [1.82, 2.24) is 15.1 Å². The van der Waals surface area contributed by atoms with Crippen LogP contribution in [0, 0.1) is 0 Å². The fourth-order valence-electron chi connectivity index (χ4n) is 2.99. The summed E-state index contributed by atoms with van der Waals surface area (Å²) in [5.74, 6) is 1.53. The first-order valence-corrected chi connectivity index (χ1v) is 9.53. The molecule has 2 amide bonds. The van der Waals surface area contributed by atoms with Gasteiger partial charge in [-0.25, -0.2) is 4.79 Å². The molecular formula is C18H24N4OS. The summed E-state index contributed by atoms with van der Waals surface area (Å²) in [7, 11) is 0. The number of amides is 2. The van der Waals surface area contributed by atoms with E-state index in [2.05, 4.69) is 28.5 Å². The molecule has 0 bridgehead atoms. The van der Waals surface area contributed by atoms with Crippen LogP contribution in [-0.4, -0.2) is 40.0 Å². The lowest BCUT2D eigenvalue weighted by atomic mass is 9.94. The lowest BCUT2D eigenvalue weighted by molar-refractivity contribution is 0.194. The molecule has 0 radical (unpaired) electrons. The zero-order valence-electron chi connectivity index (χ0n) is 14.0. The number of rotatable bonds is 5. The van der Waals surface area contributed by atoms with Crippen molar-refractivity contribution in [1.29, 1.82) is 0 Å². The van der Waals surface area contributed by atoms with Crippen LogP contribution in [0.4, 0.5) is 10.5 Å². The molecule has 1 aliphatic heterocycles. The second kappa shape index (κ2) is 8.24. The molecule has 0 spiro atoms. The Hall–Kier alpha value is -1.95. The lowest BCUT2D eigenvalue weighted by Gasteiger charge is -2.31. The molecule has 2 heterocycles. The highest BCUT2D eigenvalue weighted by molar-refractivity contribution is 7.99. The molecule has 2 N–H and O–H groups in total. The predicted octanol–water partition coefficient (Wildman–Crippen LogP) is 4.32. The predicted molar refractivity (Wildman–Crippen MR) is 98.6 cm³/mol. The van der Waals surface area contributed by atoms with Gasteiger partial charge < -0.3 is 10.2 Å². The molecule has 24 heavy (non-hydrogen) atoms. The number of nitrogens with one attached hydrogen (secondary N) is 2. The number of carbonyl (C=O) groups excluding carboxylic acids is 1. The Balaban J connectivity index is 1.56. The number of anilines is 1. The van der Waals surface area contributed by atoms with Gasteiger partial charge in [0.25, 0.3) is 0 Å². The van der Waals surface area contributed by atoms with Gasteiger partial charge in [-0.2, -0.15) is 5.10 Å². The SMILES string of the molecule is CCCSc1ccccc1NC(=O)N1CCC(c2ccn[nH]2)CC1. The second-order valence-electron chi connectivity index (χ2n) is 6.05. The number of aromatic nitrogens is 2. The number of benzene rings is 1. The summed E-state index contributed by atoms with van der Waals surface area (Å²) in [5.41, 5.74) is 2.09. The van der Waals surface area contributed by atoms with Crippen LogP contribution in [0.25, 0.3) is 0 Å². The lowest BCUT2D eigenvalue weighted by Crippen LogP contribution is -2.40. The number of para-hydroxylation sites is 1. The Morgan fingerprint density at radius 3 is 2.83 bits per heavy atom. The number of hydrogen-bond acceptors (Lipinski definition) is 3. The number of nitrogens with zero attached hydrogens (tertiary/aromatic N) is 2. The van der Waals surface area contributed by atoms with E-state index >= 15 is 0 Å². The average Bonchev–Trinajstić information content (AvgIpc) is 3.16. The van der Waals surface area contributed by atoms with Crippen molar-refractivity contribution in [2.45, 2.75) is 37.0 Å². The monoisotopic (exact) mass is 344 g/mol. The van der Waals surface area contributed by atoms with Crippen LogP contribution in [0.15, 0.2) is 41.4 Å². The van der Waals surface area contributed by atoms with Gasteiger partial charge in [0.2, 0.25) is 0 Å². The van der Waals surface area contributed by atoms with E-state index < -0.39 is 0 Å². The van der Waals surface area contributed by atoms with Crippen molar-refractivity contribution in [3.63, 3.8) is 0 Å². The highest BCUT2D eigenvalue weighted by atomic mass is 32.2. The Labute approximate surface area is 147 Å². The molecule has 128 valence electrons. The number of piperidine rings is 1. The van der Waals surface area contributed by atoms with Crippen LogP contribution >= 0.6 is 11.8 Å². The number of likely N-dealkylation sites (tertiary alicyclic amines) is 1. The zero-order chi connectivity index (χ0) is 16.8. The minimum atomic E-state index is 0.00242. The van der Waals surface area contributed by atoms with Crippen molar-refractivity contribution in [2.75, 3.05) is 24.2 Å². The summed E-state index contributed by atoms with van der Waals surface area (Å²) in [6.45, 7) is 3.72. The number of H-pyrrole nitrogens is 1. The van der Waals surface area contributed by atoms with E-state index in [-0.39, 0.29) is 6.03 Å². The summed E-state index contributed by atoms with van der Waals surface area (Å²) in [6.07, 6.45) is 4.86. The van der Waals surface area contributed by atoms with E-state index in [4.69, 9.17) is 0 Å². The molecule has 6 heteroatoms. The Morgan fingerprint density at radius 1 is 1.33 bits per heavy atom. The maximum absolute atomic E-state index is 12.6. The number of urea groups is 1. The number of carbonyl (C=O) groups is 1. The largest absolute Gasteiger partial charge is 0.324 e. The van der Waals surface area contributed by atoms with Gasteiger partial charge >= 0.3 is 6.03 Å². The van der Waals surface area contributed by atoms with Crippen molar-refractivity contribution >= 4 is 23.5 Å². The number of hydrogen-bond donors (Lipinski definition) is 2. The quantitative estimate of drug-likeness (QED) is 0.794. The second-order valence-corrected chi connectivity index (χ2v) is 7.18. The molecule has 1 aliphatic rings. The van der Waals surface area contributed by atoms with Crippen molar-refractivity contribution < 1.29 is 4.79 Å². The van der Waals surface area contributed by atoms with Crippen LogP contribution in [0.1, 0.15) is 37.8 Å². The van der Waals surface area contributed by atoms with E-state index in [9.17, 15) is 4.79 Å². The van der Waals surface area contributed by atoms with Gasteiger partial charge in [0.05, 0.1) is 5.69 Å². The van der Waals surface area contributed by atoms with Gasteiger partial charge in [0.15, 0.2) is 0 Å². The van der Waals surface area contributed by atoms with Gasteiger partial charge in [-0.1, -0.05) is 19.1 Å². The maximum atomic E-state index is 12.6. The minimum Gasteiger partial charge on any atom is -0.324 e. The molecule has 1 saturated heterocycles. The number of thioether (sulfide) groups is 1. The molecule has 5 nitrogen and oxygen atoms in total. The topological polar surface area (TPSA) is 61.0 Å². The molecule has 1 aromatic carbocycles. The van der Waals surface area contributed by atoms with Crippen LogP contribution in [0.2, 0.25) is 0 Å². The van der Waals surface area contributed by atoms with Gasteiger partial charge in [-0.15, -0.1) is 11.8 Å². The average molecular weight is 344 g/mol. The van der Waals surface area contributed by atoms with Gasteiger partial charge in [-0.05, 0) is 43.2 Å². The van der Waals surface area contributed by atoms with E-state index in [1.54, 1.807) is 18.0 Å². The fraction of sp³-hybridized carbons (Fsp3) is 0.444.